The van der Waals surface area contributed by atoms with Crippen molar-refractivity contribution in [1.29, 1.82) is 0 Å². The minimum absolute atomic E-state index is 0.172. The topological polar surface area (TPSA) is 33.5 Å². The van der Waals surface area contributed by atoms with E-state index in [1.807, 2.05) is 6.07 Å². The van der Waals surface area contributed by atoms with Crippen LogP contribution >= 0.6 is 0 Å². The van der Waals surface area contributed by atoms with Gasteiger partial charge in [-0.1, -0.05) is 36.4 Å². The van der Waals surface area contributed by atoms with Crippen LogP contribution < -0.4 is 10.2 Å². The summed E-state index contributed by atoms with van der Waals surface area (Å²) in [6, 6.07) is 14.5. The molecule has 1 heterocycles. The number of nitrogens with one attached hydrogen (secondary N) is 2. The number of rotatable bonds is 6. The lowest BCUT2D eigenvalue weighted by molar-refractivity contribution is -0.918. The van der Waals surface area contributed by atoms with Gasteiger partial charge in [0.2, 0.25) is 5.91 Å². The third-order valence-corrected chi connectivity index (χ3v) is 4.85. The lowest BCUT2D eigenvalue weighted by Crippen LogP contribution is -3.11. The fraction of sp³-hybridized carbons (Fsp3) is 0.318. The van der Waals surface area contributed by atoms with Crippen LogP contribution in [0.15, 0.2) is 54.6 Å². The molecule has 0 bridgehead atoms. The third-order valence-electron chi connectivity index (χ3n) is 4.85. The number of benzene rings is 2. The van der Waals surface area contributed by atoms with Crippen molar-refractivity contribution >= 4 is 12.0 Å². The van der Waals surface area contributed by atoms with Gasteiger partial charge in [0.25, 0.3) is 0 Å². The van der Waals surface area contributed by atoms with Crippen LogP contribution in [0.5, 0.6) is 0 Å². The molecule has 0 saturated carbocycles. The zero-order valence-electron chi connectivity index (χ0n) is 15.0. The highest BCUT2D eigenvalue weighted by Crippen LogP contribution is 2.09. The Morgan fingerprint density at radius 1 is 1.04 bits per heavy atom. The summed E-state index contributed by atoms with van der Waals surface area (Å²) in [6.45, 7) is 4.00. The van der Waals surface area contributed by atoms with Gasteiger partial charge < -0.3 is 10.2 Å². The van der Waals surface area contributed by atoms with Crippen molar-refractivity contribution in [3.05, 3.63) is 77.1 Å². The molecule has 4 heteroatoms. The Balaban J connectivity index is 1.56. The van der Waals surface area contributed by atoms with Crippen LogP contribution in [0.3, 0.4) is 0 Å². The predicted molar refractivity (Wildman–Crippen MR) is 102 cm³/mol. The summed E-state index contributed by atoms with van der Waals surface area (Å²) >= 11 is 0. The second kappa shape index (κ2) is 9.30. The number of hydrogen-bond acceptors (Lipinski definition) is 1. The average Bonchev–Trinajstić information content (AvgIpc) is 2.66. The van der Waals surface area contributed by atoms with E-state index in [1.54, 1.807) is 23.1 Å². The van der Waals surface area contributed by atoms with Gasteiger partial charge in [-0.05, 0) is 48.6 Å². The molecule has 0 aromatic heterocycles. The first-order chi connectivity index (χ1) is 12.7. The van der Waals surface area contributed by atoms with Crippen LogP contribution in [-0.4, -0.2) is 19.0 Å². The second-order valence-electron chi connectivity index (χ2n) is 6.86. The molecular weight excluding hydrogens is 327 g/mol. The highest BCUT2D eigenvalue weighted by atomic mass is 19.1. The molecule has 26 heavy (non-hydrogen) atoms. The average molecular weight is 353 g/mol. The van der Waals surface area contributed by atoms with Crippen LogP contribution in [0.1, 0.15) is 36.0 Å². The standard InChI is InChI=1S/C22H25FN2O/c23-21-10-6-7-18(15-21)11-12-22(26)24-16-19-8-2-3-9-20(19)17-25-13-4-1-5-14-25/h2-3,6-12,15H,1,4-5,13-14,16-17H2,(H,24,26)/p+1/b12-11+. The summed E-state index contributed by atoms with van der Waals surface area (Å²) in [6.07, 6.45) is 7.03. The van der Waals surface area contributed by atoms with Crippen LogP contribution in [0.25, 0.3) is 6.08 Å². The van der Waals surface area contributed by atoms with E-state index in [2.05, 4.69) is 23.5 Å². The largest absolute Gasteiger partial charge is 0.348 e. The van der Waals surface area contributed by atoms with Crippen LogP contribution in [-0.2, 0) is 17.9 Å². The van der Waals surface area contributed by atoms with Crippen molar-refractivity contribution < 1.29 is 14.1 Å². The Hall–Kier alpha value is -2.46. The van der Waals surface area contributed by atoms with Gasteiger partial charge in [0.1, 0.15) is 12.4 Å². The molecule has 0 spiro atoms. The smallest absolute Gasteiger partial charge is 0.244 e. The Morgan fingerprint density at radius 3 is 2.58 bits per heavy atom. The van der Waals surface area contributed by atoms with E-state index >= 15 is 0 Å². The SMILES string of the molecule is O=C(/C=C/c1cccc(F)c1)NCc1ccccc1C[NH+]1CCCCC1. The maximum Gasteiger partial charge on any atom is 0.244 e. The fourth-order valence-corrected chi connectivity index (χ4v) is 3.42. The molecule has 0 unspecified atom stereocenters. The van der Waals surface area contributed by atoms with E-state index in [0.29, 0.717) is 12.1 Å². The molecule has 2 aromatic carbocycles. The molecule has 2 aromatic rings. The molecule has 0 radical (unpaired) electrons. The summed E-state index contributed by atoms with van der Waals surface area (Å²) in [5.74, 6) is -0.476. The quantitative estimate of drug-likeness (QED) is 0.770. The summed E-state index contributed by atoms with van der Waals surface area (Å²) in [5, 5.41) is 2.93. The number of halogens is 1. The van der Waals surface area contributed by atoms with Crippen molar-refractivity contribution in [3.63, 3.8) is 0 Å². The monoisotopic (exact) mass is 353 g/mol. The molecule has 136 valence electrons. The minimum Gasteiger partial charge on any atom is -0.348 e. The summed E-state index contributed by atoms with van der Waals surface area (Å²) < 4.78 is 13.2. The van der Waals surface area contributed by atoms with Gasteiger partial charge in [0, 0.05) is 18.2 Å². The molecule has 3 nitrogen and oxygen atoms in total. The van der Waals surface area contributed by atoms with Crippen LogP contribution in [0.4, 0.5) is 4.39 Å². The molecule has 2 N–H and O–H groups in total. The zero-order chi connectivity index (χ0) is 18.2. The maximum absolute atomic E-state index is 13.2. The summed E-state index contributed by atoms with van der Waals surface area (Å²) in [4.78, 5) is 13.7. The number of carbonyl (C=O) groups is 1. The molecule has 1 aliphatic heterocycles. The molecular formula is C22H26FN2O+. The molecule has 1 saturated heterocycles. The summed E-state index contributed by atoms with van der Waals surface area (Å²) in [7, 11) is 0. The Kier molecular flexibility index (Phi) is 6.56. The van der Waals surface area contributed by atoms with E-state index in [-0.39, 0.29) is 11.7 Å². The minimum atomic E-state index is -0.304. The molecule has 1 amide bonds. The highest BCUT2D eigenvalue weighted by Gasteiger charge is 2.15. The van der Waals surface area contributed by atoms with Gasteiger partial charge in [0.15, 0.2) is 0 Å². The number of amides is 1. The van der Waals surface area contributed by atoms with E-state index in [4.69, 9.17) is 0 Å². The lowest BCUT2D eigenvalue weighted by Gasteiger charge is -2.24. The second-order valence-corrected chi connectivity index (χ2v) is 6.86. The molecule has 0 aliphatic carbocycles. The van der Waals surface area contributed by atoms with Gasteiger partial charge in [-0.3, -0.25) is 4.79 Å². The molecule has 1 aliphatic rings. The first-order valence-electron chi connectivity index (χ1n) is 9.32. The van der Waals surface area contributed by atoms with Crippen molar-refractivity contribution in [2.75, 3.05) is 13.1 Å². The van der Waals surface area contributed by atoms with Crippen LogP contribution in [0.2, 0.25) is 0 Å². The Bertz CT molecular complexity index is 766. The first-order valence-corrected chi connectivity index (χ1v) is 9.32. The first kappa shape index (κ1) is 18.3. The van der Waals surface area contributed by atoms with Gasteiger partial charge in [0.05, 0.1) is 13.1 Å². The normalized spacial score (nSPS) is 15.3. The lowest BCUT2D eigenvalue weighted by atomic mass is 10.0. The number of carbonyl (C=O) groups excluding carboxylic acids is 1. The van der Waals surface area contributed by atoms with Gasteiger partial charge >= 0.3 is 0 Å². The van der Waals surface area contributed by atoms with Crippen molar-refractivity contribution in [2.45, 2.75) is 32.4 Å². The number of quaternary nitrogens is 1. The molecule has 1 fully saturated rings. The van der Waals surface area contributed by atoms with Crippen molar-refractivity contribution in [1.82, 2.24) is 5.32 Å². The van der Waals surface area contributed by atoms with E-state index < -0.39 is 0 Å². The van der Waals surface area contributed by atoms with E-state index in [1.165, 1.54) is 56.1 Å². The summed E-state index contributed by atoms with van der Waals surface area (Å²) in [5.41, 5.74) is 3.14. The van der Waals surface area contributed by atoms with Gasteiger partial charge in [-0.25, -0.2) is 4.39 Å². The number of hydrogen-bond donors (Lipinski definition) is 2. The number of likely N-dealkylation sites (tertiary alicyclic amines) is 1. The Labute approximate surface area is 154 Å². The van der Waals surface area contributed by atoms with E-state index in [0.717, 1.165) is 12.1 Å². The van der Waals surface area contributed by atoms with Crippen molar-refractivity contribution in [3.8, 4) is 0 Å². The Morgan fingerprint density at radius 2 is 1.81 bits per heavy atom. The number of piperidine rings is 1. The highest BCUT2D eigenvalue weighted by molar-refractivity contribution is 5.91. The van der Waals surface area contributed by atoms with E-state index in [9.17, 15) is 9.18 Å². The molecule has 0 atom stereocenters. The van der Waals surface area contributed by atoms with Gasteiger partial charge in [-0.2, -0.15) is 0 Å². The third kappa shape index (κ3) is 5.53. The zero-order valence-corrected chi connectivity index (χ0v) is 15.0. The predicted octanol–water partition coefficient (Wildman–Crippen LogP) is 2.72. The van der Waals surface area contributed by atoms with Crippen LogP contribution in [0, 0.1) is 5.82 Å². The molecule has 3 rings (SSSR count). The fourth-order valence-electron chi connectivity index (χ4n) is 3.42. The van der Waals surface area contributed by atoms with Crippen molar-refractivity contribution in [2.24, 2.45) is 0 Å². The maximum atomic E-state index is 13.2. The van der Waals surface area contributed by atoms with Gasteiger partial charge in [-0.15, -0.1) is 0 Å².